The van der Waals surface area contributed by atoms with E-state index >= 15 is 0 Å². The Bertz CT molecular complexity index is 1090. The van der Waals surface area contributed by atoms with Crippen LogP contribution in [0.3, 0.4) is 0 Å². The summed E-state index contributed by atoms with van der Waals surface area (Å²) in [5.74, 6) is 2.83. The van der Waals surface area contributed by atoms with Crippen LogP contribution in [0.4, 0.5) is 0 Å². The number of ketones is 1. The van der Waals surface area contributed by atoms with E-state index < -0.39 is 0 Å². The molecule has 4 aliphatic carbocycles. The van der Waals surface area contributed by atoms with Gasteiger partial charge < -0.3 is 15.3 Å². The number of rotatable bonds is 7. The van der Waals surface area contributed by atoms with Crippen molar-refractivity contribution in [3.63, 3.8) is 0 Å². The van der Waals surface area contributed by atoms with Gasteiger partial charge >= 0.3 is 0 Å². The van der Waals surface area contributed by atoms with Crippen molar-refractivity contribution in [3.8, 4) is 5.75 Å². The van der Waals surface area contributed by atoms with Gasteiger partial charge in [0, 0.05) is 12.5 Å². The molecule has 0 spiro atoms. The normalized spacial score (nSPS) is 35.6. The van der Waals surface area contributed by atoms with Gasteiger partial charge in [0.25, 0.3) is 5.91 Å². The van der Waals surface area contributed by atoms with Crippen molar-refractivity contribution in [3.05, 3.63) is 41.5 Å². The number of hydrogen-bond donors (Lipinski definition) is 2. The number of amides is 1. The number of phenolic OH excluding ortho intramolecular Hbond substituents is 1. The molecule has 0 aromatic heterocycles. The largest absolute Gasteiger partial charge is 0.508 e. The molecule has 0 radical (unpaired) electrons. The summed E-state index contributed by atoms with van der Waals surface area (Å²) in [6.45, 7) is 7.12. The number of carbonyl (C=O) groups excluding carboxylic acids is 2. The number of oxime groups is 1. The molecule has 6 nitrogen and oxygen atoms in total. The number of nitrogens with zero attached hydrogens (tertiary/aromatic N) is 1. The van der Waals surface area contributed by atoms with Crippen molar-refractivity contribution < 1.29 is 19.5 Å². The molecular formula is C31H42N2O4. The van der Waals surface area contributed by atoms with Gasteiger partial charge in [0.2, 0.25) is 0 Å². The van der Waals surface area contributed by atoms with Gasteiger partial charge in [0.05, 0.1) is 5.71 Å². The molecule has 0 aliphatic heterocycles. The highest BCUT2D eigenvalue weighted by atomic mass is 16.6. The summed E-state index contributed by atoms with van der Waals surface area (Å²) in [4.78, 5) is 30.0. The minimum Gasteiger partial charge on any atom is -0.508 e. The van der Waals surface area contributed by atoms with E-state index in [4.69, 9.17) is 4.84 Å². The van der Waals surface area contributed by atoms with Crippen LogP contribution in [0.15, 0.2) is 41.1 Å². The van der Waals surface area contributed by atoms with Crippen LogP contribution >= 0.6 is 0 Å². The lowest BCUT2D eigenvalue weighted by atomic mass is 9.46. The summed E-state index contributed by atoms with van der Waals surface area (Å²) in [7, 11) is 0. The summed E-state index contributed by atoms with van der Waals surface area (Å²) >= 11 is 0. The minimum atomic E-state index is -0.178. The minimum absolute atomic E-state index is 0.0816. The predicted octanol–water partition coefficient (Wildman–Crippen LogP) is 5.59. The van der Waals surface area contributed by atoms with Crippen LogP contribution in [0, 0.1) is 34.5 Å². The smallest absolute Gasteiger partial charge is 0.260 e. The van der Waals surface area contributed by atoms with Crippen molar-refractivity contribution in [2.75, 3.05) is 13.2 Å². The predicted molar refractivity (Wildman–Crippen MR) is 144 cm³/mol. The van der Waals surface area contributed by atoms with Crippen LogP contribution in [0.1, 0.15) is 77.7 Å². The monoisotopic (exact) mass is 506 g/mol. The first-order valence-corrected chi connectivity index (χ1v) is 14.2. The molecular weight excluding hydrogens is 464 g/mol. The number of nitrogens with one attached hydrogen (secondary N) is 1. The third-order valence-corrected chi connectivity index (χ3v) is 10.5. The summed E-state index contributed by atoms with van der Waals surface area (Å²) in [5, 5.41) is 16.6. The van der Waals surface area contributed by atoms with Crippen LogP contribution in [0.25, 0.3) is 0 Å². The standard InChI is InChI=1S/C31H42N2O4/c1-20(34)26-10-11-27-25-9-6-22-18-23(12-15-30(22,2)28(25)13-16-31(26,27)3)33-37-19-29(36)32-17-14-21-4-7-24(35)8-5-21/h4-5,7-8,18,25-28,35H,6,9-17,19H2,1-3H3,(H,32,36)/b33-23+/t25-,26+,27-,28-,30-,31+/m0/s1. The second-order valence-corrected chi connectivity index (χ2v) is 12.4. The zero-order valence-corrected chi connectivity index (χ0v) is 22.6. The Labute approximate surface area is 220 Å². The second kappa shape index (κ2) is 10.3. The number of aromatic hydroxyl groups is 1. The Hall–Kier alpha value is -2.63. The van der Waals surface area contributed by atoms with E-state index in [2.05, 4.69) is 30.4 Å². The van der Waals surface area contributed by atoms with Crippen molar-refractivity contribution in [1.82, 2.24) is 5.32 Å². The molecule has 37 heavy (non-hydrogen) atoms. The molecule has 6 atom stereocenters. The number of Topliss-reactive ketones (excluding diaryl/α,β-unsaturated/α-hetero) is 1. The van der Waals surface area contributed by atoms with Gasteiger partial charge in [-0.15, -0.1) is 0 Å². The lowest BCUT2D eigenvalue weighted by Crippen LogP contribution is -2.51. The molecule has 200 valence electrons. The van der Waals surface area contributed by atoms with Crippen LogP contribution in [-0.4, -0.2) is 35.7 Å². The van der Waals surface area contributed by atoms with E-state index in [-0.39, 0.29) is 35.0 Å². The fourth-order valence-corrected chi connectivity index (χ4v) is 8.54. The van der Waals surface area contributed by atoms with Gasteiger partial charge in [-0.1, -0.05) is 36.7 Å². The average molecular weight is 507 g/mol. The first-order chi connectivity index (χ1) is 17.7. The van der Waals surface area contributed by atoms with E-state index in [9.17, 15) is 14.7 Å². The van der Waals surface area contributed by atoms with Crippen molar-refractivity contribution in [2.45, 2.75) is 78.6 Å². The van der Waals surface area contributed by atoms with E-state index in [1.54, 1.807) is 19.1 Å². The quantitative estimate of drug-likeness (QED) is 0.472. The molecule has 0 saturated heterocycles. The topological polar surface area (TPSA) is 88.0 Å². The molecule has 1 aromatic rings. The molecule has 0 bridgehead atoms. The molecule has 4 aliphatic rings. The third-order valence-electron chi connectivity index (χ3n) is 10.5. The Morgan fingerprint density at radius 2 is 1.84 bits per heavy atom. The first kappa shape index (κ1) is 26.0. The summed E-state index contributed by atoms with van der Waals surface area (Å²) in [5.41, 5.74) is 3.92. The number of carbonyl (C=O) groups is 2. The summed E-state index contributed by atoms with van der Waals surface area (Å²) in [6, 6.07) is 7.00. The Balaban J connectivity index is 1.15. The lowest BCUT2D eigenvalue weighted by molar-refractivity contribution is -0.128. The molecule has 6 heteroatoms. The van der Waals surface area contributed by atoms with Crippen molar-refractivity contribution in [2.24, 2.45) is 39.7 Å². The summed E-state index contributed by atoms with van der Waals surface area (Å²) < 4.78 is 0. The molecule has 1 amide bonds. The van der Waals surface area contributed by atoms with Gasteiger partial charge in [-0.3, -0.25) is 9.59 Å². The Morgan fingerprint density at radius 1 is 1.05 bits per heavy atom. The van der Waals surface area contributed by atoms with Gasteiger partial charge in [-0.25, -0.2) is 0 Å². The van der Waals surface area contributed by atoms with Crippen molar-refractivity contribution >= 4 is 17.4 Å². The number of hydrogen-bond acceptors (Lipinski definition) is 5. The second-order valence-electron chi connectivity index (χ2n) is 12.4. The number of phenols is 1. The molecule has 0 heterocycles. The van der Waals surface area contributed by atoms with E-state index in [1.807, 2.05) is 12.1 Å². The molecule has 1 aromatic carbocycles. The highest BCUT2D eigenvalue weighted by Gasteiger charge is 2.59. The van der Waals surface area contributed by atoms with Gasteiger partial charge in [0.15, 0.2) is 6.61 Å². The summed E-state index contributed by atoms with van der Waals surface area (Å²) in [6.07, 6.45) is 11.9. The maximum absolute atomic E-state index is 12.4. The highest BCUT2D eigenvalue weighted by Crippen LogP contribution is 2.66. The Morgan fingerprint density at radius 3 is 2.59 bits per heavy atom. The van der Waals surface area contributed by atoms with Crippen LogP contribution < -0.4 is 5.32 Å². The van der Waals surface area contributed by atoms with Crippen LogP contribution in [-0.2, 0) is 20.8 Å². The highest BCUT2D eigenvalue weighted by molar-refractivity contribution is 5.96. The SMILES string of the molecule is CC(=O)[C@H]1CC[C@H]2[C@@H]3CCC4=C/C(=N/OCC(=O)NCCc5ccc(O)cc5)CC[C@]4(C)[C@H]3CC[C@]12C. The fraction of sp³-hybridized carbons (Fsp3) is 0.645. The molecule has 3 saturated carbocycles. The van der Waals surface area contributed by atoms with Gasteiger partial charge in [0.1, 0.15) is 11.5 Å². The van der Waals surface area contributed by atoms with E-state index in [1.165, 1.54) is 31.3 Å². The maximum Gasteiger partial charge on any atom is 0.260 e. The number of fused-ring (bicyclic) bond motifs is 5. The third kappa shape index (κ3) is 4.96. The molecule has 5 rings (SSSR count). The van der Waals surface area contributed by atoms with Gasteiger partial charge in [-0.2, -0.15) is 0 Å². The first-order valence-electron chi connectivity index (χ1n) is 14.2. The average Bonchev–Trinajstić information content (AvgIpc) is 3.23. The van der Waals surface area contributed by atoms with Crippen LogP contribution in [0.2, 0.25) is 0 Å². The van der Waals surface area contributed by atoms with E-state index in [0.29, 0.717) is 30.6 Å². The van der Waals surface area contributed by atoms with Crippen LogP contribution in [0.5, 0.6) is 5.75 Å². The molecule has 3 fully saturated rings. The zero-order chi connectivity index (χ0) is 26.2. The molecule has 2 N–H and O–H groups in total. The fourth-order valence-electron chi connectivity index (χ4n) is 8.54. The van der Waals surface area contributed by atoms with Crippen molar-refractivity contribution in [1.29, 1.82) is 0 Å². The van der Waals surface area contributed by atoms with E-state index in [0.717, 1.165) is 42.9 Å². The number of allylic oxidation sites excluding steroid dienone is 2. The maximum atomic E-state index is 12.4. The lowest BCUT2D eigenvalue weighted by Gasteiger charge is -2.58. The molecule has 0 unspecified atom stereocenters. The Kier molecular flexibility index (Phi) is 7.21. The van der Waals surface area contributed by atoms with Gasteiger partial charge in [-0.05, 0) is 117 Å². The number of benzene rings is 1. The zero-order valence-electron chi connectivity index (χ0n) is 22.6.